The molecule has 0 aliphatic carbocycles. The second-order valence-electron chi connectivity index (χ2n) is 8.42. The summed E-state index contributed by atoms with van der Waals surface area (Å²) in [6.45, 7) is 10.2. The van der Waals surface area contributed by atoms with Crippen molar-refractivity contribution in [1.82, 2.24) is 14.7 Å². The quantitative estimate of drug-likeness (QED) is 0.811. The number of benzene rings is 2. The van der Waals surface area contributed by atoms with Crippen LogP contribution in [-0.2, 0) is 13.1 Å². The highest BCUT2D eigenvalue weighted by Gasteiger charge is 2.27. The third-order valence-electron chi connectivity index (χ3n) is 5.50. The molecule has 0 radical (unpaired) electrons. The molecule has 0 spiro atoms. The van der Waals surface area contributed by atoms with Crippen molar-refractivity contribution in [1.29, 1.82) is 0 Å². The van der Waals surface area contributed by atoms with E-state index in [0.29, 0.717) is 5.92 Å². The van der Waals surface area contributed by atoms with Gasteiger partial charge in [0, 0.05) is 38.3 Å². The standard InChI is InChI=1S/C23H29N3O/c1-17(2)13-26-15-21-12-20(8-9-22(21)23(26)27)19-6-4-18(5-7-19)14-25-11-10-24(3)16-25/h4-9,12,17H,10-11,13-16H2,1-3H3. The Balaban J connectivity index is 1.48. The Labute approximate surface area is 162 Å². The van der Waals surface area contributed by atoms with Crippen molar-refractivity contribution in [3.63, 3.8) is 0 Å². The molecule has 0 aromatic heterocycles. The number of likely N-dealkylation sites (N-methyl/N-ethyl adjacent to an activating group) is 1. The molecular formula is C23H29N3O. The molecule has 1 fully saturated rings. The minimum absolute atomic E-state index is 0.177. The summed E-state index contributed by atoms with van der Waals surface area (Å²) in [5.74, 6) is 0.668. The maximum absolute atomic E-state index is 12.5. The Hall–Kier alpha value is -2.17. The number of hydrogen-bond donors (Lipinski definition) is 0. The maximum Gasteiger partial charge on any atom is 0.254 e. The smallest absolute Gasteiger partial charge is 0.254 e. The molecule has 2 aromatic carbocycles. The van der Waals surface area contributed by atoms with Crippen LogP contribution in [0.4, 0.5) is 0 Å². The fourth-order valence-corrected chi connectivity index (χ4v) is 4.13. The van der Waals surface area contributed by atoms with Gasteiger partial charge in [0.2, 0.25) is 0 Å². The lowest BCUT2D eigenvalue weighted by molar-refractivity contribution is 0.0760. The number of carbonyl (C=O) groups is 1. The molecular weight excluding hydrogens is 334 g/mol. The first-order chi connectivity index (χ1) is 13.0. The predicted molar refractivity (Wildman–Crippen MR) is 109 cm³/mol. The molecule has 2 aliphatic rings. The highest BCUT2D eigenvalue weighted by molar-refractivity contribution is 5.99. The highest BCUT2D eigenvalue weighted by Crippen LogP contribution is 2.29. The van der Waals surface area contributed by atoms with Gasteiger partial charge >= 0.3 is 0 Å². The average molecular weight is 364 g/mol. The molecule has 4 nitrogen and oxygen atoms in total. The van der Waals surface area contributed by atoms with Gasteiger partial charge in [-0.25, -0.2) is 0 Å². The molecule has 142 valence electrons. The van der Waals surface area contributed by atoms with Gasteiger partial charge in [0.05, 0.1) is 6.67 Å². The zero-order chi connectivity index (χ0) is 19.0. The molecule has 1 amide bonds. The van der Waals surface area contributed by atoms with Crippen molar-refractivity contribution in [2.45, 2.75) is 26.9 Å². The summed E-state index contributed by atoms with van der Waals surface area (Å²) in [4.78, 5) is 19.3. The second-order valence-corrected chi connectivity index (χ2v) is 8.42. The van der Waals surface area contributed by atoms with Crippen LogP contribution in [0.2, 0.25) is 0 Å². The van der Waals surface area contributed by atoms with Gasteiger partial charge in [-0.1, -0.05) is 44.2 Å². The van der Waals surface area contributed by atoms with Crippen LogP contribution in [0.5, 0.6) is 0 Å². The fourth-order valence-electron chi connectivity index (χ4n) is 4.13. The molecule has 0 unspecified atom stereocenters. The van der Waals surface area contributed by atoms with Crippen LogP contribution in [0.25, 0.3) is 11.1 Å². The third-order valence-corrected chi connectivity index (χ3v) is 5.50. The Kier molecular flexibility index (Phi) is 5.02. The molecule has 2 heterocycles. The Morgan fingerprint density at radius 3 is 2.41 bits per heavy atom. The van der Waals surface area contributed by atoms with Crippen LogP contribution in [-0.4, -0.2) is 54.0 Å². The van der Waals surface area contributed by atoms with Gasteiger partial charge < -0.3 is 4.90 Å². The van der Waals surface area contributed by atoms with E-state index in [0.717, 1.165) is 50.5 Å². The first kappa shape index (κ1) is 18.2. The topological polar surface area (TPSA) is 26.8 Å². The first-order valence-corrected chi connectivity index (χ1v) is 9.92. The van der Waals surface area contributed by atoms with Crippen LogP contribution in [0.3, 0.4) is 0 Å². The summed E-state index contributed by atoms with van der Waals surface area (Å²) in [5.41, 5.74) is 5.79. The monoisotopic (exact) mass is 363 g/mol. The van der Waals surface area contributed by atoms with E-state index in [-0.39, 0.29) is 5.91 Å². The number of hydrogen-bond acceptors (Lipinski definition) is 3. The average Bonchev–Trinajstić information content (AvgIpc) is 3.18. The van der Waals surface area contributed by atoms with Gasteiger partial charge in [-0.05, 0) is 47.4 Å². The van der Waals surface area contributed by atoms with Crippen molar-refractivity contribution in [2.24, 2.45) is 5.92 Å². The summed E-state index contributed by atoms with van der Waals surface area (Å²) in [6, 6.07) is 15.2. The van der Waals surface area contributed by atoms with Crippen molar-refractivity contribution < 1.29 is 4.79 Å². The normalized spacial score (nSPS) is 17.9. The molecule has 2 aromatic rings. The Morgan fingerprint density at radius 1 is 1.00 bits per heavy atom. The van der Waals surface area contributed by atoms with E-state index in [1.807, 2.05) is 11.0 Å². The van der Waals surface area contributed by atoms with E-state index >= 15 is 0 Å². The molecule has 0 atom stereocenters. The van der Waals surface area contributed by atoms with Gasteiger partial charge in [0.15, 0.2) is 0 Å². The largest absolute Gasteiger partial charge is 0.334 e. The van der Waals surface area contributed by atoms with Crippen LogP contribution in [0, 0.1) is 5.92 Å². The summed E-state index contributed by atoms with van der Waals surface area (Å²) in [7, 11) is 2.17. The highest BCUT2D eigenvalue weighted by atomic mass is 16.2. The lowest BCUT2D eigenvalue weighted by Gasteiger charge is -2.17. The number of amides is 1. The van der Waals surface area contributed by atoms with Crippen molar-refractivity contribution in [3.05, 3.63) is 59.2 Å². The summed E-state index contributed by atoms with van der Waals surface area (Å²) in [5, 5.41) is 0. The SMILES string of the molecule is CC(C)CN1Cc2cc(-c3ccc(CN4CCN(C)C4)cc3)ccc2C1=O. The van der Waals surface area contributed by atoms with Gasteiger partial charge in [0.1, 0.15) is 0 Å². The van der Waals surface area contributed by atoms with E-state index in [9.17, 15) is 4.79 Å². The molecule has 1 saturated heterocycles. The summed E-state index contributed by atoms with van der Waals surface area (Å²) >= 11 is 0. The molecule has 0 N–H and O–H groups in total. The lowest BCUT2D eigenvalue weighted by Crippen LogP contribution is -2.27. The molecule has 2 aliphatic heterocycles. The number of fused-ring (bicyclic) bond motifs is 1. The Bertz CT molecular complexity index is 828. The lowest BCUT2D eigenvalue weighted by atomic mass is 9.99. The van der Waals surface area contributed by atoms with Crippen LogP contribution < -0.4 is 0 Å². The van der Waals surface area contributed by atoms with Crippen LogP contribution in [0.1, 0.15) is 35.3 Å². The summed E-state index contributed by atoms with van der Waals surface area (Å²) < 4.78 is 0. The molecule has 4 heteroatoms. The minimum atomic E-state index is 0.177. The molecule has 4 rings (SSSR count). The molecule has 27 heavy (non-hydrogen) atoms. The van der Waals surface area contributed by atoms with E-state index < -0.39 is 0 Å². The van der Waals surface area contributed by atoms with Gasteiger partial charge in [0.25, 0.3) is 5.91 Å². The predicted octanol–water partition coefficient (Wildman–Crippen LogP) is 3.67. The zero-order valence-corrected chi connectivity index (χ0v) is 16.6. The number of rotatable bonds is 5. The molecule has 0 saturated carbocycles. The van der Waals surface area contributed by atoms with Crippen LogP contribution >= 0.6 is 0 Å². The van der Waals surface area contributed by atoms with E-state index in [1.54, 1.807) is 0 Å². The van der Waals surface area contributed by atoms with Crippen molar-refractivity contribution in [3.8, 4) is 11.1 Å². The van der Waals surface area contributed by atoms with Gasteiger partial charge in [-0.2, -0.15) is 0 Å². The van der Waals surface area contributed by atoms with E-state index in [2.05, 4.69) is 67.1 Å². The van der Waals surface area contributed by atoms with Gasteiger partial charge in [-0.15, -0.1) is 0 Å². The van der Waals surface area contributed by atoms with Crippen LogP contribution in [0.15, 0.2) is 42.5 Å². The van der Waals surface area contributed by atoms with E-state index in [4.69, 9.17) is 0 Å². The second kappa shape index (κ2) is 7.45. The third kappa shape index (κ3) is 3.92. The fraction of sp³-hybridized carbons (Fsp3) is 0.435. The summed E-state index contributed by atoms with van der Waals surface area (Å²) in [6.07, 6.45) is 0. The van der Waals surface area contributed by atoms with Crippen molar-refractivity contribution >= 4 is 5.91 Å². The van der Waals surface area contributed by atoms with Gasteiger partial charge in [-0.3, -0.25) is 14.6 Å². The molecule has 0 bridgehead atoms. The van der Waals surface area contributed by atoms with E-state index in [1.165, 1.54) is 16.7 Å². The minimum Gasteiger partial charge on any atom is -0.334 e. The maximum atomic E-state index is 12.5. The Morgan fingerprint density at radius 2 is 1.74 bits per heavy atom. The first-order valence-electron chi connectivity index (χ1n) is 9.92. The number of nitrogens with zero attached hydrogens (tertiary/aromatic N) is 3. The number of carbonyl (C=O) groups excluding carboxylic acids is 1. The zero-order valence-electron chi connectivity index (χ0n) is 16.6. The van der Waals surface area contributed by atoms with Crippen molar-refractivity contribution in [2.75, 3.05) is 33.4 Å².